The highest BCUT2D eigenvalue weighted by Crippen LogP contribution is 2.01. The largest absolute Gasteiger partial charge is 0.337 e. The molecule has 1 rings (SSSR count). The molecule has 4 nitrogen and oxygen atoms in total. The Bertz CT molecular complexity index is 147. The fourth-order valence-electron chi connectivity index (χ4n) is 1.01. The Morgan fingerprint density at radius 1 is 1.64 bits per heavy atom. The predicted octanol–water partition coefficient (Wildman–Crippen LogP) is 0.0495. The zero-order chi connectivity index (χ0) is 8.27. The second-order valence-corrected chi connectivity index (χ2v) is 3.54. The molecule has 0 aromatic carbocycles. The molecule has 1 fully saturated rings. The summed E-state index contributed by atoms with van der Waals surface area (Å²) in [4.78, 5) is 10.9. The van der Waals surface area contributed by atoms with Crippen LogP contribution < -0.4 is 10.6 Å². The van der Waals surface area contributed by atoms with Crippen molar-refractivity contribution in [2.24, 2.45) is 0 Å². The average Bonchev–Trinajstić information content (AvgIpc) is 2.39. The third kappa shape index (κ3) is 2.80. The molecule has 0 spiro atoms. The maximum absolute atomic E-state index is 10.9. The van der Waals surface area contributed by atoms with Gasteiger partial charge in [0.25, 0.3) is 0 Å². The minimum absolute atomic E-state index is 0.226. The van der Waals surface area contributed by atoms with Crippen LogP contribution in [0.3, 0.4) is 0 Å². The molecule has 1 heterocycles. The summed E-state index contributed by atoms with van der Waals surface area (Å²) >= 11 is 7.46. The van der Waals surface area contributed by atoms with E-state index in [2.05, 4.69) is 36.3 Å². The monoisotopic (exact) mass is 193 g/mol. The first kappa shape index (κ1) is 9.02. The lowest BCUT2D eigenvalue weighted by Gasteiger charge is -2.13. The Morgan fingerprint density at radius 3 is 2.82 bits per heavy atom. The Labute approximate surface area is 76.8 Å². The Hall–Kier alpha value is -0.0700. The molecule has 2 N–H and O–H groups in total. The van der Waals surface area contributed by atoms with Gasteiger partial charge in [0, 0.05) is 12.6 Å². The van der Waals surface area contributed by atoms with Crippen LogP contribution in [-0.2, 0) is 0 Å². The standard InChI is InChI=1S/C5H11N3OS2/c9-5(8(10)11)7-4-1-2-6-3-4/h4,6,10-11H,1-3H2,(H,7,9). The summed E-state index contributed by atoms with van der Waals surface area (Å²) in [6, 6.07) is -0.0466. The van der Waals surface area contributed by atoms with Crippen molar-refractivity contribution in [2.45, 2.75) is 12.5 Å². The van der Waals surface area contributed by atoms with Crippen molar-refractivity contribution >= 4 is 31.7 Å². The summed E-state index contributed by atoms with van der Waals surface area (Å²) in [5, 5.41) is 5.88. The van der Waals surface area contributed by atoms with Gasteiger partial charge in [0.15, 0.2) is 0 Å². The normalized spacial score (nSPS) is 23.3. The van der Waals surface area contributed by atoms with Crippen molar-refractivity contribution in [2.75, 3.05) is 13.1 Å². The predicted molar refractivity (Wildman–Crippen MR) is 49.6 cm³/mol. The first-order valence-corrected chi connectivity index (χ1v) is 4.19. The molecule has 64 valence electrons. The van der Waals surface area contributed by atoms with E-state index in [9.17, 15) is 4.79 Å². The van der Waals surface area contributed by atoms with Gasteiger partial charge in [-0.3, -0.25) is 0 Å². The van der Waals surface area contributed by atoms with Gasteiger partial charge in [0.2, 0.25) is 0 Å². The number of thiol groups is 2. The first-order valence-electron chi connectivity index (χ1n) is 3.39. The molecule has 1 aliphatic rings. The Balaban J connectivity index is 2.24. The third-order valence-corrected chi connectivity index (χ3v) is 1.93. The van der Waals surface area contributed by atoms with Crippen LogP contribution in [0.4, 0.5) is 4.79 Å². The van der Waals surface area contributed by atoms with E-state index in [0.717, 1.165) is 23.2 Å². The fourth-order valence-corrected chi connectivity index (χ4v) is 1.13. The molecular weight excluding hydrogens is 182 g/mol. The molecule has 2 amide bonds. The number of rotatable bonds is 1. The van der Waals surface area contributed by atoms with Crippen LogP contribution >= 0.6 is 25.6 Å². The van der Waals surface area contributed by atoms with Crippen molar-refractivity contribution in [1.29, 1.82) is 0 Å². The van der Waals surface area contributed by atoms with Crippen LogP contribution in [0.2, 0.25) is 0 Å². The van der Waals surface area contributed by atoms with E-state index < -0.39 is 0 Å². The highest BCUT2D eigenvalue weighted by Gasteiger charge is 2.17. The molecule has 0 saturated carbocycles. The molecule has 0 aromatic heterocycles. The minimum atomic E-state index is -0.273. The quantitative estimate of drug-likeness (QED) is 0.445. The van der Waals surface area contributed by atoms with Crippen LogP contribution in [0, 0.1) is 0 Å². The lowest BCUT2D eigenvalue weighted by Crippen LogP contribution is -2.39. The number of nitrogens with zero attached hydrogens (tertiary/aromatic N) is 1. The summed E-state index contributed by atoms with van der Waals surface area (Å²) in [7, 11) is 0. The van der Waals surface area contributed by atoms with Gasteiger partial charge in [-0.2, -0.15) is 0 Å². The first-order chi connectivity index (χ1) is 5.20. The maximum atomic E-state index is 10.9. The summed E-state index contributed by atoms with van der Waals surface area (Å²) in [5.74, 6) is 0. The van der Waals surface area contributed by atoms with E-state index in [1.54, 1.807) is 0 Å². The molecular formula is C5H11N3OS2. The van der Waals surface area contributed by atoms with Gasteiger partial charge in [-0.15, -0.1) is 0 Å². The zero-order valence-electron chi connectivity index (χ0n) is 5.95. The highest BCUT2D eigenvalue weighted by atomic mass is 32.2. The van der Waals surface area contributed by atoms with E-state index in [1.165, 1.54) is 0 Å². The SMILES string of the molecule is O=C(NC1CCNC1)N(S)S. The molecule has 0 radical (unpaired) electrons. The van der Waals surface area contributed by atoms with Crippen molar-refractivity contribution in [3.05, 3.63) is 0 Å². The van der Waals surface area contributed by atoms with Crippen LogP contribution in [0.5, 0.6) is 0 Å². The van der Waals surface area contributed by atoms with Crippen molar-refractivity contribution in [3.63, 3.8) is 0 Å². The number of hydrogen-bond acceptors (Lipinski definition) is 4. The van der Waals surface area contributed by atoms with Gasteiger partial charge in [-0.1, -0.05) is 25.6 Å². The second kappa shape index (κ2) is 4.08. The van der Waals surface area contributed by atoms with Gasteiger partial charge in [0.05, 0.1) is 0 Å². The van der Waals surface area contributed by atoms with Gasteiger partial charge in [0.1, 0.15) is 0 Å². The van der Waals surface area contributed by atoms with Crippen molar-refractivity contribution < 1.29 is 4.79 Å². The highest BCUT2D eigenvalue weighted by molar-refractivity contribution is 7.94. The van der Waals surface area contributed by atoms with Crippen LogP contribution in [0.1, 0.15) is 6.42 Å². The van der Waals surface area contributed by atoms with Crippen LogP contribution in [0.15, 0.2) is 0 Å². The molecule has 0 bridgehead atoms. The second-order valence-electron chi connectivity index (χ2n) is 2.43. The van der Waals surface area contributed by atoms with E-state index in [1.807, 2.05) is 0 Å². The summed E-state index contributed by atoms with van der Waals surface area (Å²) < 4.78 is 0.943. The number of carbonyl (C=O) groups is 1. The van der Waals surface area contributed by atoms with Gasteiger partial charge < -0.3 is 10.6 Å². The summed E-state index contributed by atoms with van der Waals surface area (Å²) in [6.45, 7) is 1.80. The van der Waals surface area contributed by atoms with Gasteiger partial charge in [-0.05, 0) is 13.0 Å². The topological polar surface area (TPSA) is 44.4 Å². The van der Waals surface area contributed by atoms with E-state index in [-0.39, 0.29) is 12.1 Å². The average molecular weight is 193 g/mol. The number of nitrogens with one attached hydrogen (secondary N) is 2. The zero-order valence-corrected chi connectivity index (χ0v) is 7.74. The molecule has 0 aromatic rings. The summed E-state index contributed by atoms with van der Waals surface area (Å²) in [5.41, 5.74) is 0. The van der Waals surface area contributed by atoms with E-state index >= 15 is 0 Å². The van der Waals surface area contributed by atoms with E-state index in [0.29, 0.717) is 0 Å². The van der Waals surface area contributed by atoms with Crippen LogP contribution in [0.25, 0.3) is 0 Å². The smallest absolute Gasteiger partial charge is 0.332 e. The fraction of sp³-hybridized carbons (Fsp3) is 0.800. The van der Waals surface area contributed by atoms with Crippen molar-refractivity contribution in [1.82, 2.24) is 14.3 Å². The molecule has 1 unspecified atom stereocenters. The Kier molecular flexibility index (Phi) is 3.35. The van der Waals surface area contributed by atoms with Crippen LogP contribution in [-0.4, -0.2) is 28.9 Å². The Morgan fingerprint density at radius 2 is 2.36 bits per heavy atom. The molecule has 6 heteroatoms. The van der Waals surface area contributed by atoms with Gasteiger partial charge in [-0.25, -0.2) is 8.51 Å². The lowest BCUT2D eigenvalue weighted by atomic mass is 10.3. The summed E-state index contributed by atoms with van der Waals surface area (Å²) in [6.07, 6.45) is 0.973. The van der Waals surface area contributed by atoms with E-state index in [4.69, 9.17) is 0 Å². The molecule has 1 saturated heterocycles. The number of hydrogen-bond donors (Lipinski definition) is 4. The third-order valence-electron chi connectivity index (χ3n) is 1.57. The molecule has 11 heavy (non-hydrogen) atoms. The van der Waals surface area contributed by atoms with Crippen molar-refractivity contribution in [3.8, 4) is 0 Å². The minimum Gasteiger partial charge on any atom is -0.332 e. The molecule has 1 atom stereocenters. The molecule has 1 aliphatic heterocycles. The molecule has 0 aliphatic carbocycles. The lowest BCUT2D eigenvalue weighted by molar-refractivity contribution is 0.235. The van der Waals surface area contributed by atoms with Gasteiger partial charge >= 0.3 is 6.03 Å². The number of urea groups is 1. The number of amides is 2. The maximum Gasteiger partial charge on any atom is 0.337 e. The number of carbonyl (C=O) groups excluding carboxylic acids is 1.